The number of aromatic nitrogens is 4. The largest absolute Gasteiger partial charge is 0.481 e. The molecule has 1 amide bonds. The number of ether oxygens (including phenoxy) is 1. The van der Waals surface area contributed by atoms with E-state index < -0.39 is 6.10 Å². The molecule has 0 aliphatic carbocycles. The van der Waals surface area contributed by atoms with Gasteiger partial charge in [-0.3, -0.25) is 14.6 Å². The fraction of sp³-hybridized carbons (Fsp3) is 0.217. The lowest BCUT2D eigenvalue weighted by Crippen LogP contribution is -2.31. The molecule has 0 saturated carbocycles. The zero-order chi connectivity index (χ0) is 22.7. The number of para-hydroxylation sites is 1. The van der Waals surface area contributed by atoms with E-state index >= 15 is 0 Å². The Balaban J connectivity index is 1.68. The number of H-pyrrole nitrogens is 1. The minimum Gasteiger partial charge on any atom is -0.481 e. The second-order valence-electron chi connectivity index (χ2n) is 7.51. The molecule has 0 aliphatic rings. The van der Waals surface area contributed by atoms with Gasteiger partial charge in [0.15, 0.2) is 6.10 Å². The van der Waals surface area contributed by atoms with Crippen LogP contribution in [0.3, 0.4) is 0 Å². The lowest BCUT2D eigenvalue weighted by atomic mass is 10.1. The molecule has 0 saturated heterocycles. The number of anilines is 1. The van der Waals surface area contributed by atoms with Gasteiger partial charge in [0, 0.05) is 12.1 Å². The van der Waals surface area contributed by atoms with E-state index in [4.69, 9.17) is 4.74 Å². The summed E-state index contributed by atoms with van der Waals surface area (Å²) in [5.74, 6) is 0.913. The average molecular weight is 450 g/mol. The number of rotatable bonds is 7. The predicted octanol–water partition coefficient (Wildman–Crippen LogP) is 4.21. The molecule has 1 aromatic carbocycles. The van der Waals surface area contributed by atoms with Crippen molar-refractivity contribution in [1.29, 1.82) is 0 Å². The van der Waals surface area contributed by atoms with Crippen molar-refractivity contribution in [2.45, 2.75) is 32.8 Å². The Morgan fingerprint density at radius 3 is 2.59 bits per heavy atom. The standard InChI is InChI=1S/C23H23N5O3S/c1-14(2)17-13-21(29)26-23(24-17)28-20(12-18(27-28)19-10-7-11-32-19)25-22(30)15(3)31-16-8-5-4-6-9-16/h4-15H,1-3H3,(H,25,30)(H,24,26,29). The molecule has 2 N–H and O–H groups in total. The summed E-state index contributed by atoms with van der Waals surface area (Å²) < 4.78 is 7.17. The van der Waals surface area contributed by atoms with Crippen LogP contribution in [0.15, 0.2) is 64.8 Å². The first-order chi connectivity index (χ1) is 15.4. The van der Waals surface area contributed by atoms with Crippen LogP contribution in [-0.2, 0) is 4.79 Å². The third-order valence-corrected chi connectivity index (χ3v) is 5.59. The molecule has 9 heteroatoms. The molecule has 4 rings (SSSR count). The van der Waals surface area contributed by atoms with E-state index in [9.17, 15) is 9.59 Å². The third kappa shape index (κ3) is 4.78. The third-order valence-electron chi connectivity index (χ3n) is 4.70. The first kappa shape index (κ1) is 21.5. The van der Waals surface area contributed by atoms with Gasteiger partial charge in [-0.15, -0.1) is 11.3 Å². The lowest BCUT2D eigenvalue weighted by Gasteiger charge is -2.15. The lowest BCUT2D eigenvalue weighted by molar-refractivity contribution is -0.122. The zero-order valence-electron chi connectivity index (χ0n) is 17.9. The van der Waals surface area contributed by atoms with Crippen LogP contribution in [0.25, 0.3) is 16.5 Å². The Bertz CT molecular complexity index is 1260. The number of hydrogen-bond donors (Lipinski definition) is 2. The van der Waals surface area contributed by atoms with E-state index in [1.54, 1.807) is 25.1 Å². The van der Waals surface area contributed by atoms with E-state index in [0.717, 1.165) is 4.88 Å². The van der Waals surface area contributed by atoms with E-state index in [0.29, 0.717) is 23.0 Å². The van der Waals surface area contributed by atoms with Gasteiger partial charge in [-0.25, -0.2) is 4.98 Å². The minimum atomic E-state index is -0.750. The molecular weight excluding hydrogens is 426 g/mol. The molecule has 0 aliphatic heterocycles. The van der Waals surface area contributed by atoms with Gasteiger partial charge in [0.1, 0.15) is 17.3 Å². The van der Waals surface area contributed by atoms with Crippen molar-refractivity contribution in [1.82, 2.24) is 19.7 Å². The Hall–Kier alpha value is -3.72. The number of aromatic amines is 1. The Kier molecular flexibility index (Phi) is 6.18. The summed E-state index contributed by atoms with van der Waals surface area (Å²) in [5.41, 5.74) is 1.00. The summed E-state index contributed by atoms with van der Waals surface area (Å²) in [7, 11) is 0. The van der Waals surface area contributed by atoms with Gasteiger partial charge in [0.25, 0.3) is 11.5 Å². The van der Waals surface area contributed by atoms with Gasteiger partial charge in [0.05, 0.1) is 10.6 Å². The molecule has 0 bridgehead atoms. The van der Waals surface area contributed by atoms with Gasteiger partial charge in [0.2, 0.25) is 5.95 Å². The van der Waals surface area contributed by atoms with Crippen molar-refractivity contribution < 1.29 is 9.53 Å². The quantitative estimate of drug-likeness (QED) is 0.440. The highest BCUT2D eigenvalue weighted by Gasteiger charge is 2.21. The molecule has 1 atom stereocenters. The number of hydrogen-bond acceptors (Lipinski definition) is 6. The van der Waals surface area contributed by atoms with Crippen molar-refractivity contribution >= 4 is 23.1 Å². The molecular formula is C23H23N5O3S. The summed E-state index contributed by atoms with van der Waals surface area (Å²) in [6.45, 7) is 5.58. The van der Waals surface area contributed by atoms with Crippen LogP contribution >= 0.6 is 11.3 Å². The van der Waals surface area contributed by atoms with Crippen LogP contribution < -0.4 is 15.6 Å². The van der Waals surface area contributed by atoms with Gasteiger partial charge >= 0.3 is 0 Å². The Labute approximate surface area is 188 Å². The number of nitrogens with zero attached hydrogens (tertiary/aromatic N) is 3. The van der Waals surface area contributed by atoms with E-state index in [1.165, 1.54) is 22.1 Å². The molecule has 0 fully saturated rings. The number of amides is 1. The number of carbonyl (C=O) groups is 1. The Morgan fingerprint density at radius 1 is 1.12 bits per heavy atom. The van der Waals surface area contributed by atoms with Crippen molar-refractivity contribution in [3.63, 3.8) is 0 Å². The van der Waals surface area contributed by atoms with E-state index in [2.05, 4.69) is 20.4 Å². The highest BCUT2D eigenvalue weighted by molar-refractivity contribution is 7.13. The summed E-state index contributed by atoms with van der Waals surface area (Å²) in [5, 5.41) is 9.40. The summed E-state index contributed by atoms with van der Waals surface area (Å²) >= 11 is 1.53. The van der Waals surface area contributed by atoms with Crippen molar-refractivity contribution in [3.8, 4) is 22.3 Å². The fourth-order valence-electron chi connectivity index (χ4n) is 3.02. The normalized spacial score (nSPS) is 12.0. The van der Waals surface area contributed by atoms with Gasteiger partial charge in [-0.1, -0.05) is 38.1 Å². The topological polar surface area (TPSA) is 102 Å². The van der Waals surface area contributed by atoms with E-state index in [-0.39, 0.29) is 23.3 Å². The number of nitrogens with one attached hydrogen (secondary N) is 2. The fourth-order valence-corrected chi connectivity index (χ4v) is 3.70. The number of benzene rings is 1. The van der Waals surface area contributed by atoms with Crippen LogP contribution in [0.4, 0.5) is 5.82 Å². The maximum Gasteiger partial charge on any atom is 0.266 e. The predicted molar refractivity (Wildman–Crippen MR) is 125 cm³/mol. The van der Waals surface area contributed by atoms with Gasteiger partial charge < -0.3 is 10.1 Å². The van der Waals surface area contributed by atoms with Crippen LogP contribution in [0.2, 0.25) is 0 Å². The summed E-state index contributed by atoms with van der Waals surface area (Å²) in [4.78, 5) is 33.3. The van der Waals surface area contributed by atoms with Gasteiger partial charge in [-0.2, -0.15) is 9.78 Å². The van der Waals surface area contributed by atoms with Crippen LogP contribution in [0.1, 0.15) is 32.4 Å². The van der Waals surface area contributed by atoms with Crippen LogP contribution in [0, 0.1) is 0 Å². The molecule has 3 aromatic heterocycles. The van der Waals surface area contributed by atoms with Crippen LogP contribution in [0.5, 0.6) is 5.75 Å². The number of thiophene rings is 1. The van der Waals surface area contributed by atoms with Crippen LogP contribution in [-0.4, -0.2) is 31.8 Å². The molecule has 4 aromatic rings. The highest BCUT2D eigenvalue weighted by Crippen LogP contribution is 2.27. The molecule has 8 nitrogen and oxygen atoms in total. The highest BCUT2D eigenvalue weighted by atomic mass is 32.1. The Morgan fingerprint density at radius 2 is 1.91 bits per heavy atom. The minimum absolute atomic E-state index is 0.0562. The second kappa shape index (κ2) is 9.19. The maximum atomic E-state index is 12.9. The monoisotopic (exact) mass is 449 g/mol. The average Bonchev–Trinajstić information content (AvgIpc) is 3.44. The van der Waals surface area contributed by atoms with Crippen molar-refractivity contribution in [3.05, 3.63) is 76.0 Å². The molecule has 1 unspecified atom stereocenters. The molecule has 3 heterocycles. The maximum absolute atomic E-state index is 12.9. The van der Waals surface area contributed by atoms with Crippen molar-refractivity contribution in [2.24, 2.45) is 0 Å². The SMILES string of the molecule is CC(Oc1ccccc1)C(=O)Nc1cc(-c2cccs2)nn1-c1nc(C(C)C)cc(=O)[nH]1. The molecule has 32 heavy (non-hydrogen) atoms. The second-order valence-corrected chi connectivity index (χ2v) is 8.46. The van der Waals surface area contributed by atoms with E-state index in [1.807, 2.05) is 49.6 Å². The number of carbonyl (C=O) groups excluding carboxylic acids is 1. The smallest absolute Gasteiger partial charge is 0.266 e. The molecule has 164 valence electrons. The van der Waals surface area contributed by atoms with Gasteiger partial charge in [-0.05, 0) is 36.4 Å². The summed E-state index contributed by atoms with van der Waals surface area (Å²) in [6, 6.07) is 16.2. The van der Waals surface area contributed by atoms with Crippen molar-refractivity contribution in [2.75, 3.05) is 5.32 Å². The zero-order valence-corrected chi connectivity index (χ0v) is 18.7. The molecule has 0 spiro atoms. The first-order valence-electron chi connectivity index (χ1n) is 10.2. The summed E-state index contributed by atoms with van der Waals surface area (Å²) in [6.07, 6.45) is -0.750. The first-order valence-corrected chi connectivity index (χ1v) is 11.1. The molecule has 0 radical (unpaired) electrons.